The van der Waals surface area contributed by atoms with Crippen LogP contribution in [0, 0.1) is 0 Å². The molecule has 6 nitrogen and oxygen atoms in total. The fourth-order valence-electron chi connectivity index (χ4n) is 3.44. The Hall–Kier alpha value is -2.57. The number of ether oxygens (including phenoxy) is 3. The van der Waals surface area contributed by atoms with Crippen LogP contribution in [-0.4, -0.2) is 45.3 Å². The van der Waals surface area contributed by atoms with E-state index in [1.807, 2.05) is 36.4 Å². The number of hydrogen-bond donors (Lipinski definition) is 1. The van der Waals surface area contributed by atoms with Gasteiger partial charge in [0.2, 0.25) is 0 Å². The third-order valence-corrected chi connectivity index (χ3v) is 5.33. The van der Waals surface area contributed by atoms with E-state index >= 15 is 0 Å². The van der Waals surface area contributed by atoms with E-state index in [2.05, 4.69) is 17.4 Å². The van der Waals surface area contributed by atoms with Crippen LogP contribution < -0.4 is 10.1 Å². The van der Waals surface area contributed by atoms with Crippen LogP contribution in [0.5, 0.6) is 5.75 Å². The summed E-state index contributed by atoms with van der Waals surface area (Å²) in [5.41, 5.74) is 2.96. The topological polar surface area (TPSA) is 60.0 Å². The molecule has 0 unspecified atom stereocenters. The van der Waals surface area contributed by atoms with E-state index in [0.717, 1.165) is 35.3 Å². The molecular formula is C23H30N2O4. The van der Waals surface area contributed by atoms with Gasteiger partial charge >= 0.3 is 6.03 Å². The first kappa shape index (κ1) is 21.1. The van der Waals surface area contributed by atoms with Gasteiger partial charge in [0.05, 0.1) is 5.60 Å². The molecule has 0 bridgehead atoms. The third kappa shape index (κ3) is 5.49. The summed E-state index contributed by atoms with van der Waals surface area (Å²) >= 11 is 0. The quantitative estimate of drug-likeness (QED) is 0.773. The molecule has 0 aliphatic carbocycles. The lowest BCUT2D eigenvalue weighted by atomic mass is 9.86. The summed E-state index contributed by atoms with van der Waals surface area (Å²) in [4.78, 5) is 13.1. The number of urea groups is 1. The number of rotatable bonds is 7. The maximum atomic E-state index is 11.6. The lowest BCUT2D eigenvalue weighted by molar-refractivity contribution is -0.0948. The van der Waals surface area contributed by atoms with E-state index < -0.39 is 0 Å². The second-order valence-electron chi connectivity index (χ2n) is 7.50. The number of benzene rings is 2. The van der Waals surface area contributed by atoms with E-state index in [-0.39, 0.29) is 11.6 Å². The summed E-state index contributed by atoms with van der Waals surface area (Å²) in [7, 11) is 5.21. The minimum Gasteiger partial charge on any atom is -0.489 e. The number of hydrogen-bond acceptors (Lipinski definition) is 4. The maximum absolute atomic E-state index is 11.6. The van der Waals surface area contributed by atoms with Crippen LogP contribution in [0.3, 0.4) is 0 Å². The Morgan fingerprint density at radius 1 is 1.10 bits per heavy atom. The van der Waals surface area contributed by atoms with Crippen LogP contribution >= 0.6 is 0 Å². The lowest BCUT2D eigenvalue weighted by Crippen LogP contribution is -2.35. The first-order valence-corrected chi connectivity index (χ1v) is 9.92. The predicted octanol–water partition coefficient (Wildman–Crippen LogP) is 3.69. The summed E-state index contributed by atoms with van der Waals surface area (Å²) in [5.74, 6) is 0.827. The van der Waals surface area contributed by atoms with E-state index in [9.17, 15) is 4.79 Å². The van der Waals surface area contributed by atoms with E-state index in [1.54, 1.807) is 21.2 Å². The molecule has 1 fully saturated rings. The predicted molar refractivity (Wildman–Crippen MR) is 112 cm³/mol. The molecule has 156 valence electrons. The van der Waals surface area contributed by atoms with Gasteiger partial charge in [0.25, 0.3) is 0 Å². The number of carbonyl (C=O) groups excluding carboxylic acids is 1. The van der Waals surface area contributed by atoms with Crippen LogP contribution in [0.1, 0.15) is 29.5 Å². The molecular weight excluding hydrogens is 368 g/mol. The van der Waals surface area contributed by atoms with Crippen molar-refractivity contribution in [1.82, 2.24) is 10.2 Å². The van der Waals surface area contributed by atoms with Gasteiger partial charge in [-0.15, -0.1) is 0 Å². The monoisotopic (exact) mass is 398 g/mol. The first-order valence-electron chi connectivity index (χ1n) is 9.92. The third-order valence-electron chi connectivity index (χ3n) is 5.33. The normalized spacial score (nSPS) is 15.6. The standard InChI is InChI=1S/C23H30N2O4/c1-25(2)22(26)24-16-18-7-9-19(10-8-18)17-29-21-6-4-5-20(15-21)23(27-3)11-13-28-14-12-23/h4-10,15H,11-14,16-17H2,1-3H3,(H,24,26). The molecule has 1 N–H and O–H groups in total. The molecule has 1 heterocycles. The molecule has 2 aromatic carbocycles. The molecule has 0 atom stereocenters. The minimum absolute atomic E-state index is 0.101. The summed E-state index contributed by atoms with van der Waals surface area (Å²) < 4.78 is 17.4. The Bertz CT molecular complexity index is 799. The number of nitrogens with zero attached hydrogens (tertiary/aromatic N) is 1. The second-order valence-corrected chi connectivity index (χ2v) is 7.50. The van der Waals surface area contributed by atoms with E-state index in [0.29, 0.717) is 26.4 Å². The average molecular weight is 399 g/mol. The van der Waals surface area contributed by atoms with E-state index in [4.69, 9.17) is 14.2 Å². The molecule has 0 radical (unpaired) electrons. The molecule has 1 saturated heterocycles. The van der Waals surface area contributed by atoms with Crippen molar-refractivity contribution >= 4 is 6.03 Å². The van der Waals surface area contributed by atoms with Crippen LogP contribution in [-0.2, 0) is 28.2 Å². The van der Waals surface area contributed by atoms with Crippen LogP contribution in [0.25, 0.3) is 0 Å². The molecule has 6 heteroatoms. The maximum Gasteiger partial charge on any atom is 0.317 e. The van der Waals surface area contributed by atoms with Gasteiger partial charge in [-0.2, -0.15) is 0 Å². The van der Waals surface area contributed by atoms with Crippen molar-refractivity contribution in [2.24, 2.45) is 0 Å². The van der Waals surface area contributed by atoms with Gasteiger partial charge in [-0.1, -0.05) is 36.4 Å². The Balaban J connectivity index is 1.58. The molecule has 0 aromatic heterocycles. The Morgan fingerprint density at radius 2 is 1.79 bits per heavy atom. The van der Waals surface area contributed by atoms with Gasteiger partial charge in [-0.3, -0.25) is 0 Å². The van der Waals surface area contributed by atoms with Gasteiger partial charge in [0, 0.05) is 53.8 Å². The molecule has 3 rings (SSSR count). The summed E-state index contributed by atoms with van der Waals surface area (Å²) in [6.07, 6.45) is 1.69. The zero-order valence-electron chi connectivity index (χ0n) is 17.4. The molecule has 1 aliphatic rings. The van der Waals surface area contributed by atoms with Crippen LogP contribution in [0.15, 0.2) is 48.5 Å². The summed E-state index contributed by atoms with van der Waals surface area (Å²) in [6, 6.07) is 16.1. The van der Waals surface area contributed by atoms with Crippen molar-refractivity contribution in [2.75, 3.05) is 34.4 Å². The average Bonchev–Trinajstić information content (AvgIpc) is 2.77. The number of amides is 2. The molecule has 1 aliphatic heterocycles. The zero-order chi connectivity index (χ0) is 20.7. The van der Waals surface area contributed by atoms with Crippen molar-refractivity contribution in [3.8, 4) is 5.75 Å². The number of nitrogens with one attached hydrogen (secondary N) is 1. The lowest BCUT2D eigenvalue weighted by Gasteiger charge is -2.36. The molecule has 29 heavy (non-hydrogen) atoms. The zero-order valence-corrected chi connectivity index (χ0v) is 17.4. The number of carbonyl (C=O) groups is 1. The largest absolute Gasteiger partial charge is 0.489 e. The molecule has 0 saturated carbocycles. The molecule has 2 aromatic rings. The van der Waals surface area contributed by atoms with Crippen molar-refractivity contribution in [3.63, 3.8) is 0 Å². The van der Waals surface area contributed by atoms with Gasteiger partial charge < -0.3 is 24.4 Å². The highest BCUT2D eigenvalue weighted by atomic mass is 16.5. The van der Waals surface area contributed by atoms with Crippen molar-refractivity contribution < 1.29 is 19.0 Å². The Morgan fingerprint density at radius 3 is 2.45 bits per heavy atom. The highest BCUT2D eigenvalue weighted by molar-refractivity contribution is 5.73. The minimum atomic E-state index is -0.295. The fraction of sp³-hybridized carbons (Fsp3) is 0.435. The van der Waals surface area contributed by atoms with Crippen molar-refractivity contribution in [1.29, 1.82) is 0 Å². The number of methoxy groups -OCH3 is 1. The van der Waals surface area contributed by atoms with Gasteiger partial charge in [0.1, 0.15) is 12.4 Å². The van der Waals surface area contributed by atoms with Crippen LogP contribution in [0.4, 0.5) is 4.79 Å². The summed E-state index contributed by atoms with van der Waals surface area (Å²) in [6.45, 7) is 2.40. The SMILES string of the molecule is COC1(c2cccc(OCc3ccc(CNC(=O)N(C)C)cc3)c2)CCOCC1. The van der Waals surface area contributed by atoms with Crippen molar-refractivity contribution in [2.45, 2.75) is 31.6 Å². The van der Waals surface area contributed by atoms with Gasteiger partial charge in [-0.25, -0.2) is 4.79 Å². The van der Waals surface area contributed by atoms with Crippen LogP contribution in [0.2, 0.25) is 0 Å². The summed E-state index contributed by atoms with van der Waals surface area (Å²) in [5, 5.41) is 2.86. The highest BCUT2D eigenvalue weighted by Gasteiger charge is 2.34. The Labute approximate surface area is 172 Å². The first-order chi connectivity index (χ1) is 14.0. The Kier molecular flexibility index (Phi) is 7.12. The molecule has 0 spiro atoms. The smallest absolute Gasteiger partial charge is 0.317 e. The highest BCUT2D eigenvalue weighted by Crippen LogP contribution is 2.36. The van der Waals surface area contributed by atoms with E-state index in [1.165, 1.54) is 4.90 Å². The molecule has 2 amide bonds. The second kappa shape index (κ2) is 9.76. The fourth-order valence-corrected chi connectivity index (χ4v) is 3.44. The van der Waals surface area contributed by atoms with Gasteiger partial charge in [-0.05, 0) is 28.8 Å². The van der Waals surface area contributed by atoms with Gasteiger partial charge in [0.15, 0.2) is 0 Å². The van der Waals surface area contributed by atoms with Crippen molar-refractivity contribution in [3.05, 3.63) is 65.2 Å².